The Bertz CT molecular complexity index is 658. The van der Waals surface area contributed by atoms with Crippen LogP contribution in [0, 0.1) is 0 Å². The predicted molar refractivity (Wildman–Crippen MR) is 165 cm³/mol. The molecule has 0 unspecified atom stereocenters. The second-order valence-electron chi connectivity index (χ2n) is 10.9. The second-order valence-corrected chi connectivity index (χ2v) is 10.9. The lowest BCUT2D eigenvalue weighted by atomic mass is 10.1. The topological polar surface area (TPSA) is 36.9 Å². The van der Waals surface area contributed by atoms with Gasteiger partial charge < -0.3 is 18.9 Å². The molecule has 1 aromatic rings. The number of ether oxygens (including phenoxy) is 4. The molecule has 0 N–H and O–H groups in total. The van der Waals surface area contributed by atoms with Gasteiger partial charge in [0, 0.05) is 6.42 Å². The highest BCUT2D eigenvalue weighted by molar-refractivity contribution is 5.13. The van der Waals surface area contributed by atoms with Crippen molar-refractivity contribution in [2.24, 2.45) is 0 Å². The van der Waals surface area contributed by atoms with Gasteiger partial charge in [-0.15, -0.1) is 0 Å². The third-order valence-electron chi connectivity index (χ3n) is 7.13. The molecule has 39 heavy (non-hydrogen) atoms. The van der Waals surface area contributed by atoms with Crippen molar-refractivity contribution in [2.45, 2.75) is 156 Å². The summed E-state index contributed by atoms with van der Waals surface area (Å²) < 4.78 is 24.4. The fourth-order valence-corrected chi connectivity index (χ4v) is 4.63. The van der Waals surface area contributed by atoms with Gasteiger partial charge in [0.2, 0.25) is 0 Å². The van der Waals surface area contributed by atoms with Crippen molar-refractivity contribution in [1.82, 2.24) is 0 Å². The fourth-order valence-electron chi connectivity index (χ4n) is 4.63. The summed E-state index contributed by atoms with van der Waals surface area (Å²) in [5.74, 6) is 1.41. The van der Waals surface area contributed by atoms with Gasteiger partial charge in [0.1, 0.15) is 0 Å². The van der Waals surface area contributed by atoms with E-state index in [0.29, 0.717) is 19.2 Å². The minimum atomic E-state index is 0.167. The largest absolute Gasteiger partial charge is 0.491 e. The minimum Gasteiger partial charge on any atom is -0.491 e. The summed E-state index contributed by atoms with van der Waals surface area (Å²) in [6, 6.07) is 10.2. The van der Waals surface area contributed by atoms with E-state index in [1.807, 2.05) is 18.2 Å². The van der Waals surface area contributed by atoms with Crippen molar-refractivity contribution in [2.75, 3.05) is 20.0 Å². The first-order valence-electron chi connectivity index (χ1n) is 16.5. The third kappa shape index (κ3) is 21.8. The van der Waals surface area contributed by atoms with Crippen LogP contribution in [-0.2, 0) is 25.6 Å². The molecule has 0 bridgehead atoms. The highest BCUT2D eigenvalue weighted by atomic mass is 16.7. The minimum absolute atomic E-state index is 0.167. The van der Waals surface area contributed by atoms with Crippen molar-refractivity contribution in [3.05, 3.63) is 47.6 Å². The lowest BCUT2D eigenvalue weighted by molar-refractivity contribution is -0.0894. The molecule has 0 heterocycles. The first kappa shape index (κ1) is 35.3. The van der Waals surface area contributed by atoms with Crippen molar-refractivity contribution in [3.8, 4) is 0 Å². The lowest BCUT2D eigenvalue weighted by Crippen LogP contribution is -2.10. The van der Waals surface area contributed by atoms with E-state index in [9.17, 15) is 0 Å². The molecular weight excluding hydrogens is 484 g/mol. The number of hydrogen-bond donors (Lipinski definition) is 0. The van der Waals surface area contributed by atoms with Crippen molar-refractivity contribution in [1.29, 1.82) is 0 Å². The standard InChI is InChI=1S/C35H62O4/c1-4-7-10-12-14-16-18-24-29-37-34(28-21-9-6-3)35(38-30-25-19-17-15-13-11-8-5-2)39-32-36-31-33-26-22-20-23-27-33/h20,22-23,26-27H,4-19,21,24-25,28-32H2,1-3H3. The summed E-state index contributed by atoms with van der Waals surface area (Å²) in [6.45, 7) is 8.87. The molecule has 0 radical (unpaired) electrons. The Morgan fingerprint density at radius 1 is 0.513 bits per heavy atom. The molecule has 4 nitrogen and oxygen atoms in total. The molecule has 0 aliphatic heterocycles. The Kier molecular flexibility index (Phi) is 25.3. The van der Waals surface area contributed by atoms with Crippen LogP contribution in [0.3, 0.4) is 0 Å². The van der Waals surface area contributed by atoms with Crippen LogP contribution < -0.4 is 0 Å². The van der Waals surface area contributed by atoms with Crippen molar-refractivity contribution < 1.29 is 18.9 Å². The average molecular weight is 547 g/mol. The van der Waals surface area contributed by atoms with Gasteiger partial charge in [-0.25, -0.2) is 0 Å². The summed E-state index contributed by atoms with van der Waals surface area (Å²) in [5.41, 5.74) is 1.14. The number of rotatable bonds is 29. The normalized spacial score (nSPS) is 11.9. The maximum absolute atomic E-state index is 6.32. The Labute approximate surface area is 242 Å². The molecule has 0 fully saturated rings. The smallest absolute Gasteiger partial charge is 0.321 e. The van der Waals surface area contributed by atoms with Gasteiger partial charge in [-0.2, -0.15) is 0 Å². The summed E-state index contributed by atoms with van der Waals surface area (Å²) in [4.78, 5) is 0. The number of benzene rings is 1. The van der Waals surface area contributed by atoms with E-state index < -0.39 is 0 Å². The fraction of sp³-hybridized carbons (Fsp3) is 0.771. The Morgan fingerprint density at radius 3 is 1.56 bits per heavy atom. The van der Waals surface area contributed by atoms with E-state index in [1.54, 1.807) is 0 Å². The molecule has 0 atom stereocenters. The number of unbranched alkanes of at least 4 members (excludes halogenated alkanes) is 16. The molecule has 0 aromatic heterocycles. The Morgan fingerprint density at radius 2 is 1.00 bits per heavy atom. The Hall–Kier alpha value is -1.68. The summed E-state index contributed by atoms with van der Waals surface area (Å²) in [6.07, 6.45) is 24.9. The van der Waals surface area contributed by atoms with Crippen molar-refractivity contribution in [3.63, 3.8) is 0 Å². The molecule has 4 heteroatoms. The molecule has 0 saturated heterocycles. The second kappa shape index (κ2) is 27.9. The van der Waals surface area contributed by atoms with Gasteiger partial charge in [-0.1, -0.05) is 154 Å². The van der Waals surface area contributed by atoms with Crippen LogP contribution in [0.15, 0.2) is 42.0 Å². The van der Waals surface area contributed by atoms with Gasteiger partial charge in [0.25, 0.3) is 0 Å². The molecule has 0 aliphatic rings. The van der Waals surface area contributed by atoms with Gasteiger partial charge in [-0.3, -0.25) is 0 Å². The molecule has 0 spiro atoms. The van der Waals surface area contributed by atoms with Crippen LogP contribution in [-0.4, -0.2) is 20.0 Å². The zero-order valence-electron chi connectivity index (χ0n) is 26.0. The quantitative estimate of drug-likeness (QED) is 0.0569. The van der Waals surface area contributed by atoms with Crippen LogP contribution in [0.5, 0.6) is 0 Å². The van der Waals surface area contributed by atoms with Crippen LogP contribution in [0.1, 0.15) is 155 Å². The monoisotopic (exact) mass is 546 g/mol. The molecular formula is C35H62O4. The van der Waals surface area contributed by atoms with Crippen LogP contribution in [0.25, 0.3) is 0 Å². The van der Waals surface area contributed by atoms with Gasteiger partial charge in [-0.05, 0) is 24.8 Å². The van der Waals surface area contributed by atoms with E-state index >= 15 is 0 Å². The van der Waals surface area contributed by atoms with Crippen LogP contribution in [0.4, 0.5) is 0 Å². The van der Waals surface area contributed by atoms with E-state index in [0.717, 1.165) is 43.6 Å². The molecule has 0 aliphatic carbocycles. The summed E-state index contributed by atoms with van der Waals surface area (Å²) in [7, 11) is 0. The maximum atomic E-state index is 6.32. The third-order valence-corrected chi connectivity index (χ3v) is 7.13. The zero-order valence-corrected chi connectivity index (χ0v) is 26.0. The molecule has 0 amide bonds. The van der Waals surface area contributed by atoms with Gasteiger partial charge in [0.05, 0.1) is 19.8 Å². The maximum Gasteiger partial charge on any atom is 0.321 e. The lowest BCUT2D eigenvalue weighted by Gasteiger charge is -2.18. The highest BCUT2D eigenvalue weighted by Gasteiger charge is 2.13. The zero-order chi connectivity index (χ0) is 28.1. The average Bonchev–Trinajstić information content (AvgIpc) is 2.96. The molecule has 1 rings (SSSR count). The van der Waals surface area contributed by atoms with Crippen LogP contribution in [0.2, 0.25) is 0 Å². The number of allylic oxidation sites excluding steroid dienone is 1. The van der Waals surface area contributed by atoms with E-state index in [1.165, 1.54) is 103 Å². The Balaban J connectivity index is 2.56. The van der Waals surface area contributed by atoms with Crippen LogP contribution >= 0.6 is 0 Å². The summed E-state index contributed by atoms with van der Waals surface area (Å²) in [5, 5.41) is 0. The predicted octanol–water partition coefficient (Wildman–Crippen LogP) is 11.2. The van der Waals surface area contributed by atoms with Gasteiger partial charge in [0.15, 0.2) is 12.6 Å². The van der Waals surface area contributed by atoms with E-state index in [4.69, 9.17) is 18.9 Å². The number of hydrogen-bond acceptors (Lipinski definition) is 4. The molecule has 226 valence electrons. The first-order valence-corrected chi connectivity index (χ1v) is 16.5. The van der Waals surface area contributed by atoms with Gasteiger partial charge >= 0.3 is 5.95 Å². The molecule has 1 aromatic carbocycles. The van der Waals surface area contributed by atoms with E-state index in [-0.39, 0.29) is 6.79 Å². The summed E-state index contributed by atoms with van der Waals surface area (Å²) >= 11 is 0. The van der Waals surface area contributed by atoms with Crippen molar-refractivity contribution >= 4 is 0 Å². The SMILES string of the molecule is CCCCCCCCCCOC(CCCCC)=C(OCCCCCCCCCC)OCOCc1ccccc1. The highest BCUT2D eigenvalue weighted by Crippen LogP contribution is 2.20. The molecule has 0 saturated carbocycles. The van der Waals surface area contributed by atoms with E-state index in [2.05, 4.69) is 32.9 Å². The first-order chi connectivity index (χ1) is 19.3.